The Kier molecular flexibility index (Phi) is 3.77. The molecule has 18 heavy (non-hydrogen) atoms. The van der Waals surface area contributed by atoms with E-state index in [0.29, 0.717) is 23.2 Å². The van der Waals surface area contributed by atoms with Crippen molar-refractivity contribution in [1.82, 2.24) is 5.32 Å². The number of carboxylic acids is 1. The molecule has 0 saturated carbocycles. The maximum atomic E-state index is 10.9. The summed E-state index contributed by atoms with van der Waals surface area (Å²) in [6, 6.07) is 3.44. The summed E-state index contributed by atoms with van der Waals surface area (Å²) in [4.78, 5) is 10.9. The first-order chi connectivity index (χ1) is 8.54. The summed E-state index contributed by atoms with van der Waals surface area (Å²) >= 11 is 3.22. The molecule has 2 atom stereocenters. The van der Waals surface area contributed by atoms with Crippen molar-refractivity contribution in [2.75, 3.05) is 13.7 Å². The molecule has 1 heterocycles. The first-order valence-corrected chi connectivity index (χ1v) is 6.35. The summed E-state index contributed by atoms with van der Waals surface area (Å²) in [5.41, 5.74) is 0.780. The molecule has 1 aromatic rings. The Hall–Kier alpha value is -1.27. The summed E-state index contributed by atoms with van der Waals surface area (Å²) in [6.45, 7) is 0.431. The van der Waals surface area contributed by atoms with Crippen LogP contribution in [0.2, 0.25) is 0 Å². The van der Waals surface area contributed by atoms with Crippen molar-refractivity contribution < 1.29 is 19.7 Å². The van der Waals surface area contributed by atoms with Crippen molar-refractivity contribution in [1.29, 1.82) is 0 Å². The summed E-state index contributed by atoms with van der Waals surface area (Å²) in [7, 11) is 1.48. The molecule has 2 rings (SSSR count). The number of aromatic hydroxyl groups is 1. The van der Waals surface area contributed by atoms with Crippen LogP contribution in [0.3, 0.4) is 0 Å². The molecule has 1 aromatic carbocycles. The van der Waals surface area contributed by atoms with Gasteiger partial charge in [-0.3, -0.25) is 4.79 Å². The summed E-state index contributed by atoms with van der Waals surface area (Å²) in [6.07, 6.45) is 0.493. The summed E-state index contributed by atoms with van der Waals surface area (Å²) in [5, 5.41) is 22.0. The minimum Gasteiger partial charge on any atom is -0.503 e. The van der Waals surface area contributed by atoms with Gasteiger partial charge in [-0.25, -0.2) is 0 Å². The zero-order valence-corrected chi connectivity index (χ0v) is 11.4. The fraction of sp³-hybridized carbons (Fsp3) is 0.417. The van der Waals surface area contributed by atoms with Crippen molar-refractivity contribution in [2.45, 2.75) is 12.5 Å². The topological polar surface area (TPSA) is 78.8 Å². The Balaban J connectivity index is 2.30. The molecule has 0 aromatic heterocycles. The highest BCUT2D eigenvalue weighted by molar-refractivity contribution is 9.10. The Labute approximate surface area is 113 Å². The van der Waals surface area contributed by atoms with Gasteiger partial charge in [0, 0.05) is 18.2 Å². The molecule has 3 N–H and O–H groups in total. The quantitative estimate of drug-likeness (QED) is 0.794. The number of hydrogen-bond donors (Lipinski definition) is 3. The van der Waals surface area contributed by atoms with Crippen LogP contribution in [0.5, 0.6) is 11.5 Å². The smallest absolute Gasteiger partial charge is 0.307 e. The Morgan fingerprint density at radius 1 is 1.56 bits per heavy atom. The second-order valence-electron chi connectivity index (χ2n) is 4.25. The van der Waals surface area contributed by atoms with Gasteiger partial charge in [0.05, 0.1) is 17.5 Å². The van der Waals surface area contributed by atoms with Crippen LogP contribution >= 0.6 is 15.9 Å². The summed E-state index contributed by atoms with van der Waals surface area (Å²) < 4.78 is 5.75. The lowest BCUT2D eigenvalue weighted by Gasteiger charge is -2.16. The number of rotatable bonds is 3. The minimum atomic E-state index is -0.801. The average Bonchev–Trinajstić information content (AvgIpc) is 2.82. The van der Waals surface area contributed by atoms with Crippen LogP contribution in [-0.4, -0.2) is 29.8 Å². The van der Waals surface area contributed by atoms with E-state index in [9.17, 15) is 9.90 Å². The molecule has 0 aliphatic carbocycles. The van der Waals surface area contributed by atoms with Crippen LogP contribution in [0, 0.1) is 5.92 Å². The molecule has 0 radical (unpaired) electrons. The van der Waals surface area contributed by atoms with E-state index in [1.165, 1.54) is 7.11 Å². The van der Waals surface area contributed by atoms with Crippen molar-refractivity contribution in [3.8, 4) is 11.5 Å². The first-order valence-electron chi connectivity index (χ1n) is 5.56. The van der Waals surface area contributed by atoms with Crippen LogP contribution in [0.4, 0.5) is 0 Å². The number of benzene rings is 1. The van der Waals surface area contributed by atoms with Gasteiger partial charge in [0.25, 0.3) is 0 Å². The molecule has 5 nitrogen and oxygen atoms in total. The van der Waals surface area contributed by atoms with Crippen LogP contribution in [0.1, 0.15) is 18.0 Å². The molecule has 2 unspecified atom stereocenters. The van der Waals surface area contributed by atoms with E-state index >= 15 is 0 Å². The molecule has 0 amide bonds. The van der Waals surface area contributed by atoms with Crippen molar-refractivity contribution >= 4 is 21.9 Å². The first kappa shape index (κ1) is 13.2. The van der Waals surface area contributed by atoms with E-state index in [0.717, 1.165) is 5.56 Å². The fourth-order valence-electron chi connectivity index (χ4n) is 2.21. The van der Waals surface area contributed by atoms with Gasteiger partial charge in [0.15, 0.2) is 11.5 Å². The van der Waals surface area contributed by atoms with E-state index in [1.54, 1.807) is 6.07 Å². The highest BCUT2D eigenvalue weighted by atomic mass is 79.9. The van der Waals surface area contributed by atoms with Gasteiger partial charge in [0.2, 0.25) is 0 Å². The van der Waals surface area contributed by atoms with Crippen LogP contribution in [-0.2, 0) is 4.79 Å². The third-order valence-corrected chi connectivity index (χ3v) is 3.81. The SMILES string of the molecule is COc1c(C2CC(C(=O)O)CN2)ccc(Br)c1O. The molecule has 98 valence electrons. The lowest BCUT2D eigenvalue weighted by molar-refractivity contribution is -0.141. The highest BCUT2D eigenvalue weighted by Crippen LogP contribution is 2.42. The highest BCUT2D eigenvalue weighted by Gasteiger charge is 2.32. The third-order valence-electron chi connectivity index (χ3n) is 3.17. The molecule has 1 fully saturated rings. The Bertz CT molecular complexity index is 477. The van der Waals surface area contributed by atoms with E-state index in [-0.39, 0.29) is 11.8 Å². The number of aliphatic carboxylic acids is 1. The maximum absolute atomic E-state index is 10.9. The van der Waals surface area contributed by atoms with E-state index in [4.69, 9.17) is 9.84 Å². The number of phenolic OH excluding ortho intramolecular Hbond substituents is 1. The third kappa shape index (κ3) is 2.30. The van der Waals surface area contributed by atoms with Crippen LogP contribution < -0.4 is 10.1 Å². The second kappa shape index (κ2) is 5.16. The van der Waals surface area contributed by atoms with Gasteiger partial charge in [0.1, 0.15) is 0 Å². The van der Waals surface area contributed by atoms with Crippen molar-refractivity contribution in [2.24, 2.45) is 5.92 Å². The number of carboxylic acid groups (broad SMARTS) is 1. The molecule has 1 aliphatic rings. The minimum absolute atomic E-state index is 0.0376. The lowest BCUT2D eigenvalue weighted by Crippen LogP contribution is -2.17. The number of hydrogen-bond acceptors (Lipinski definition) is 4. The fourth-order valence-corrected chi connectivity index (χ4v) is 2.52. The second-order valence-corrected chi connectivity index (χ2v) is 5.10. The molecule has 6 heteroatoms. The Morgan fingerprint density at radius 3 is 2.83 bits per heavy atom. The van der Waals surface area contributed by atoms with Gasteiger partial charge in [-0.2, -0.15) is 0 Å². The number of phenols is 1. The molecule has 0 bridgehead atoms. The average molecular weight is 316 g/mol. The van der Waals surface area contributed by atoms with Crippen molar-refractivity contribution in [3.63, 3.8) is 0 Å². The Morgan fingerprint density at radius 2 is 2.28 bits per heavy atom. The standard InChI is InChI=1S/C12H14BrNO4/c1-18-11-7(2-3-8(13)10(11)15)9-4-6(5-14-9)12(16)17/h2-3,6,9,14-15H,4-5H2,1H3,(H,16,17). The van der Waals surface area contributed by atoms with Crippen molar-refractivity contribution in [3.05, 3.63) is 22.2 Å². The monoisotopic (exact) mass is 315 g/mol. The summed E-state index contributed by atoms with van der Waals surface area (Å²) in [5.74, 6) is -0.778. The maximum Gasteiger partial charge on any atom is 0.307 e. The van der Waals surface area contributed by atoms with Gasteiger partial charge >= 0.3 is 5.97 Å². The number of methoxy groups -OCH3 is 1. The number of ether oxygens (including phenoxy) is 1. The van der Waals surface area contributed by atoms with E-state index < -0.39 is 11.9 Å². The molecular weight excluding hydrogens is 302 g/mol. The van der Waals surface area contributed by atoms with E-state index in [2.05, 4.69) is 21.2 Å². The predicted molar refractivity (Wildman–Crippen MR) is 68.8 cm³/mol. The van der Waals surface area contributed by atoms with Gasteiger partial charge in [-0.15, -0.1) is 0 Å². The number of nitrogens with one attached hydrogen (secondary N) is 1. The largest absolute Gasteiger partial charge is 0.503 e. The van der Waals surface area contributed by atoms with Crippen LogP contribution in [0.25, 0.3) is 0 Å². The molecule has 0 spiro atoms. The van der Waals surface area contributed by atoms with Gasteiger partial charge < -0.3 is 20.3 Å². The molecular formula is C12H14BrNO4. The number of halogens is 1. The van der Waals surface area contributed by atoms with E-state index in [1.807, 2.05) is 6.07 Å². The number of carbonyl (C=O) groups is 1. The predicted octanol–water partition coefficient (Wildman–Crippen LogP) is 1.90. The molecule has 1 saturated heterocycles. The zero-order chi connectivity index (χ0) is 13.3. The zero-order valence-electron chi connectivity index (χ0n) is 9.81. The lowest BCUT2D eigenvalue weighted by atomic mass is 9.99. The van der Waals surface area contributed by atoms with Gasteiger partial charge in [-0.1, -0.05) is 6.07 Å². The van der Waals surface area contributed by atoms with Gasteiger partial charge in [-0.05, 0) is 28.4 Å². The normalized spacial score (nSPS) is 23.0. The molecule has 1 aliphatic heterocycles. The van der Waals surface area contributed by atoms with Crippen LogP contribution in [0.15, 0.2) is 16.6 Å².